The van der Waals surface area contributed by atoms with Crippen molar-refractivity contribution in [3.8, 4) is 0 Å². The summed E-state index contributed by atoms with van der Waals surface area (Å²) < 4.78 is 0.797. The number of nitrogens with one attached hydrogen (secondary N) is 1. The van der Waals surface area contributed by atoms with Gasteiger partial charge in [0.25, 0.3) is 5.91 Å². The zero-order valence-corrected chi connectivity index (χ0v) is 20.6. The highest BCUT2D eigenvalue weighted by molar-refractivity contribution is 9.10. The molecule has 1 heterocycles. The number of hydrogen-bond donors (Lipinski definition) is 1. The molecule has 0 bridgehead atoms. The monoisotopic (exact) mass is 491 g/mol. The molecule has 2 aliphatic rings. The summed E-state index contributed by atoms with van der Waals surface area (Å²) >= 11 is 3.47. The maximum absolute atomic E-state index is 13.4. The first-order valence-electron chi connectivity index (χ1n) is 11.3. The lowest BCUT2D eigenvalue weighted by Gasteiger charge is -2.35. The minimum Gasteiger partial charge on any atom is -0.349 e. The first-order valence-corrected chi connectivity index (χ1v) is 12.1. The zero-order valence-electron chi connectivity index (χ0n) is 19.0. The Bertz CT molecular complexity index is 831. The molecule has 3 amide bonds. The molecule has 2 fully saturated rings. The van der Waals surface area contributed by atoms with Crippen LogP contribution in [0.5, 0.6) is 0 Å². The molecular formula is C24H34BrN3O3. The van der Waals surface area contributed by atoms with E-state index >= 15 is 0 Å². The van der Waals surface area contributed by atoms with Crippen LogP contribution in [0.2, 0.25) is 0 Å². The van der Waals surface area contributed by atoms with Gasteiger partial charge in [-0.1, -0.05) is 42.6 Å². The van der Waals surface area contributed by atoms with Crippen LogP contribution >= 0.6 is 15.9 Å². The fraction of sp³-hybridized carbons (Fsp3) is 0.625. The summed E-state index contributed by atoms with van der Waals surface area (Å²) in [5, 5.41) is 3.00. The molecule has 170 valence electrons. The summed E-state index contributed by atoms with van der Waals surface area (Å²) in [6.45, 7) is 5.80. The Morgan fingerprint density at radius 1 is 1.03 bits per heavy atom. The van der Waals surface area contributed by atoms with E-state index in [1.54, 1.807) is 31.1 Å². The van der Waals surface area contributed by atoms with Crippen LogP contribution in [0.1, 0.15) is 56.3 Å². The number of nitrogens with zero attached hydrogens (tertiary/aromatic N) is 2. The van der Waals surface area contributed by atoms with E-state index in [-0.39, 0.29) is 29.6 Å². The van der Waals surface area contributed by atoms with E-state index in [0.29, 0.717) is 29.5 Å². The lowest BCUT2D eigenvalue weighted by atomic mass is 9.78. The summed E-state index contributed by atoms with van der Waals surface area (Å²) in [5.74, 6) is 0.0164. The Labute approximate surface area is 193 Å². The Hall–Kier alpha value is -1.89. The van der Waals surface area contributed by atoms with Crippen LogP contribution in [-0.4, -0.2) is 54.7 Å². The molecule has 4 atom stereocenters. The Morgan fingerprint density at radius 3 is 2.26 bits per heavy atom. The number of piperidine rings is 1. The average molecular weight is 492 g/mol. The molecular weight excluding hydrogens is 458 g/mol. The predicted molar refractivity (Wildman–Crippen MR) is 126 cm³/mol. The van der Waals surface area contributed by atoms with Crippen molar-refractivity contribution in [2.45, 2.75) is 46.0 Å². The molecule has 0 radical (unpaired) electrons. The van der Waals surface area contributed by atoms with Crippen LogP contribution in [0.15, 0.2) is 22.7 Å². The van der Waals surface area contributed by atoms with E-state index < -0.39 is 0 Å². The van der Waals surface area contributed by atoms with E-state index in [4.69, 9.17) is 0 Å². The molecule has 1 aromatic carbocycles. The molecule has 1 aliphatic heterocycles. The Kier molecular flexibility index (Phi) is 7.78. The molecule has 0 unspecified atom stereocenters. The SMILES string of the molecule is C[C@@H]1C[C@H](C)CN(C(=O)c2cc(Br)ccc2NC(=O)[C@@H]2CCCC[C@H]2C(=O)N(C)C)C1. The zero-order chi connectivity index (χ0) is 22.7. The Balaban J connectivity index is 1.82. The fourth-order valence-electron chi connectivity index (χ4n) is 5.10. The maximum Gasteiger partial charge on any atom is 0.256 e. The maximum atomic E-state index is 13.4. The van der Waals surface area contributed by atoms with Gasteiger partial charge in [-0.2, -0.15) is 0 Å². The lowest BCUT2D eigenvalue weighted by molar-refractivity contribution is -0.140. The van der Waals surface area contributed by atoms with Crippen molar-refractivity contribution in [3.63, 3.8) is 0 Å². The highest BCUT2D eigenvalue weighted by Crippen LogP contribution is 2.33. The molecule has 1 saturated carbocycles. The van der Waals surface area contributed by atoms with Gasteiger partial charge in [-0.25, -0.2) is 0 Å². The number of amides is 3. The number of halogens is 1. The van der Waals surface area contributed by atoms with Gasteiger partial charge in [0, 0.05) is 43.5 Å². The molecule has 3 rings (SSSR count). The molecule has 7 heteroatoms. The minimum absolute atomic E-state index is 0.00301. The third-order valence-corrected chi connectivity index (χ3v) is 6.98. The summed E-state index contributed by atoms with van der Waals surface area (Å²) in [4.78, 5) is 42.7. The third kappa shape index (κ3) is 5.68. The van der Waals surface area contributed by atoms with E-state index in [9.17, 15) is 14.4 Å². The Morgan fingerprint density at radius 2 is 1.65 bits per heavy atom. The molecule has 0 spiro atoms. The van der Waals surface area contributed by atoms with Crippen LogP contribution in [0, 0.1) is 23.7 Å². The van der Waals surface area contributed by atoms with Gasteiger partial charge >= 0.3 is 0 Å². The van der Waals surface area contributed by atoms with Gasteiger partial charge in [-0.15, -0.1) is 0 Å². The highest BCUT2D eigenvalue weighted by Gasteiger charge is 2.37. The van der Waals surface area contributed by atoms with Crippen molar-refractivity contribution in [1.29, 1.82) is 0 Å². The van der Waals surface area contributed by atoms with Gasteiger partial charge in [-0.3, -0.25) is 14.4 Å². The first-order chi connectivity index (χ1) is 14.7. The number of anilines is 1. The lowest BCUT2D eigenvalue weighted by Crippen LogP contribution is -2.43. The van der Waals surface area contributed by atoms with E-state index in [1.165, 1.54) is 0 Å². The minimum atomic E-state index is -0.370. The second kappa shape index (κ2) is 10.2. The predicted octanol–water partition coefficient (Wildman–Crippen LogP) is 4.40. The van der Waals surface area contributed by atoms with Crippen LogP contribution < -0.4 is 5.32 Å². The van der Waals surface area contributed by atoms with Gasteiger partial charge in [0.15, 0.2) is 0 Å². The normalized spacial score (nSPS) is 26.3. The summed E-state index contributed by atoms with van der Waals surface area (Å²) in [6.07, 6.45) is 4.43. The van der Waals surface area contributed by atoms with Crippen molar-refractivity contribution in [2.75, 3.05) is 32.5 Å². The van der Waals surface area contributed by atoms with E-state index in [0.717, 1.165) is 43.2 Å². The molecule has 1 N–H and O–H groups in total. The van der Waals surface area contributed by atoms with Crippen molar-refractivity contribution >= 4 is 39.3 Å². The van der Waals surface area contributed by atoms with Crippen LogP contribution in [0.4, 0.5) is 5.69 Å². The number of carbonyl (C=O) groups is 3. The van der Waals surface area contributed by atoms with Crippen LogP contribution in [0.25, 0.3) is 0 Å². The van der Waals surface area contributed by atoms with Gasteiger partial charge < -0.3 is 15.1 Å². The van der Waals surface area contributed by atoms with Crippen LogP contribution in [-0.2, 0) is 9.59 Å². The smallest absolute Gasteiger partial charge is 0.256 e. The molecule has 0 aromatic heterocycles. The molecule has 1 aromatic rings. The van der Waals surface area contributed by atoms with Crippen molar-refractivity contribution in [2.24, 2.45) is 23.7 Å². The molecule has 31 heavy (non-hydrogen) atoms. The van der Waals surface area contributed by atoms with Crippen molar-refractivity contribution in [1.82, 2.24) is 9.80 Å². The van der Waals surface area contributed by atoms with Gasteiger partial charge in [0.05, 0.1) is 11.3 Å². The quantitative estimate of drug-likeness (QED) is 0.678. The number of hydrogen-bond acceptors (Lipinski definition) is 3. The fourth-order valence-corrected chi connectivity index (χ4v) is 5.46. The van der Waals surface area contributed by atoms with Crippen LogP contribution in [0.3, 0.4) is 0 Å². The highest BCUT2D eigenvalue weighted by atomic mass is 79.9. The largest absolute Gasteiger partial charge is 0.349 e. The summed E-state index contributed by atoms with van der Waals surface area (Å²) in [7, 11) is 3.47. The second-order valence-corrected chi connectivity index (χ2v) is 10.5. The van der Waals surface area contributed by atoms with Gasteiger partial charge in [-0.05, 0) is 49.3 Å². The number of carbonyl (C=O) groups excluding carboxylic acids is 3. The third-order valence-electron chi connectivity index (χ3n) is 6.49. The molecule has 1 saturated heterocycles. The number of benzene rings is 1. The second-order valence-electron chi connectivity index (χ2n) is 9.57. The summed E-state index contributed by atoms with van der Waals surface area (Å²) in [6, 6.07) is 5.39. The van der Waals surface area contributed by atoms with Crippen molar-refractivity contribution < 1.29 is 14.4 Å². The van der Waals surface area contributed by atoms with Gasteiger partial charge in [0.2, 0.25) is 11.8 Å². The van der Waals surface area contributed by atoms with E-state index in [1.807, 2.05) is 11.0 Å². The number of likely N-dealkylation sites (tertiary alicyclic amines) is 1. The average Bonchev–Trinajstić information content (AvgIpc) is 2.73. The topological polar surface area (TPSA) is 69.7 Å². The number of rotatable bonds is 4. The van der Waals surface area contributed by atoms with E-state index in [2.05, 4.69) is 35.1 Å². The molecule has 6 nitrogen and oxygen atoms in total. The standard InChI is InChI=1S/C24H34BrN3O3/c1-15-11-16(2)14-28(13-15)24(31)20-12-17(25)9-10-21(20)26-22(29)18-7-5-6-8-19(18)23(30)27(3)4/h9-10,12,15-16,18-19H,5-8,11,13-14H2,1-4H3,(H,26,29)/t15-,16+,18-,19-/m1/s1. The molecule has 1 aliphatic carbocycles. The summed E-state index contributed by atoms with van der Waals surface area (Å²) in [5.41, 5.74) is 1.01. The van der Waals surface area contributed by atoms with Crippen molar-refractivity contribution in [3.05, 3.63) is 28.2 Å². The van der Waals surface area contributed by atoms with Gasteiger partial charge in [0.1, 0.15) is 0 Å². The first kappa shape index (κ1) is 23.8.